The second-order valence-electron chi connectivity index (χ2n) is 5.26. The van der Waals surface area contributed by atoms with Gasteiger partial charge in [-0.25, -0.2) is 0 Å². The average molecular weight is 284 g/mol. The number of hydrogen-bond acceptors (Lipinski definition) is 6. The Morgan fingerprint density at radius 2 is 2.05 bits per heavy atom. The van der Waals surface area contributed by atoms with E-state index in [1.807, 2.05) is 11.8 Å². The van der Waals surface area contributed by atoms with Crippen LogP contribution in [0, 0.1) is 0 Å². The van der Waals surface area contributed by atoms with E-state index >= 15 is 0 Å². The van der Waals surface area contributed by atoms with Crippen LogP contribution in [0.2, 0.25) is 0 Å². The molecular weight excluding hydrogens is 260 g/mol. The first-order valence-corrected chi connectivity index (χ1v) is 8.01. The van der Waals surface area contributed by atoms with Gasteiger partial charge in [0.1, 0.15) is 0 Å². The molecule has 0 aromatic carbocycles. The lowest BCUT2D eigenvalue weighted by Gasteiger charge is -2.33. The van der Waals surface area contributed by atoms with Crippen molar-refractivity contribution in [2.45, 2.75) is 50.7 Å². The van der Waals surface area contributed by atoms with E-state index in [1.54, 1.807) is 0 Å². The van der Waals surface area contributed by atoms with Crippen LogP contribution in [-0.4, -0.2) is 40.3 Å². The fourth-order valence-corrected chi connectivity index (χ4v) is 3.64. The van der Waals surface area contributed by atoms with Crippen LogP contribution in [0.3, 0.4) is 0 Å². The molecule has 5 nitrogen and oxygen atoms in total. The van der Waals surface area contributed by atoms with Crippen molar-refractivity contribution >= 4 is 17.8 Å². The van der Waals surface area contributed by atoms with Gasteiger partial charge in [0, 0.05) is 23.6 Å². The highest BCUT2D eigenvalue weighted by atomic mass is 32.2. The molecule has 1 aliphatic rings. The highest BCUT2D eigenvalue weighted by Crippen LogP contribution is 2.28. The van der Waals surface area contributed by atoms with Crippen molar-refractivity contribution in [3.05, 3.63) is 5.89 Å². The minimum atomic E-state index is 0.121. The van der Waals surface area contributed by atoms with Gasteiger partial charge in [0.15, 0.2) is 0 Å². The maximum atomic E-state index is 5.81. The second-order valence-corrected chi connectivity index (χ2v) is 7.14. The van der Waals surface area contributed by atoms with Crippen molar-refractivity contribution in [3.8, 4) is 0 Å². The molecule has 0 radical (unpaired) electrons. The number of nitrogens with one attached hydrogen (secondary N) is 1. The van der Waals surface area contributed by atoms with E-state index < -0.39 is 0 Å². The van der Waals surface area contributed by atoms with E-state index in [4.69, 9.17) is 4.42 Å². The number of aromatic nitrogens is 2. The third-order valence-corrected chi connectivity index (χ3v) is 4.42. The third-order valence-electron chi connectivity index (χ3n) is 3.19. The smallest absolute Gasteiger partial charge is 0.318 e. The van der Waals surface area contributed by atoms with Crippen molar-refractivity contribution in [2.24, 2.45) is 0 Å². The van der Waals surface area contributed by atoms with Crippen LogP contribution in [0.25, 0.3) is 0 Å². The van der Waals surface area contributed by atoms with Gasteiger partial charge in [-0.05, 0) is 19.9 Å². The van der Waals surface area contributed by atoms with Crippen LogP contribution in [0.15, 0.2) is 4.42 Å². The molecule has 1 saturated heterocycles. The number of nitrogens with zero attached hydrogens (tertiary/aromatic N) is 3. The minimum Gasteiger partial charge on any atom is -0.406 e. The normalized spacial score (nSPS) is 25.6. The largest absolute Gasteiger partial charge is 0.406 e. The highest BCUT2D eigenvalue weighted by Gasteiger charge is 2.26. The van der Waals surface area contributed by atoms with E-state index in [0.29, 0.717) is 22.4 Å². The lowest BCUT2D eigenvalue weighted by molar-refractivity contribution is 0.413. The van der Waals surface area contributed by atoms with Crippen molar-refractivity contribution in [3.63, 3.8) is 0 Å². The predicted octanol–water partition coefficient (Wildman–Crippen LogP) is 2.46. The molecule has 2 heterocycles. The molecule has 1 aromatic heterocycles. The van der Waals surface area contributed by atoms with Crippen molar-refractivity contribution in [1.82, 2.24) is 15.5 Å². The Labute approximate surface area is 119 Å². The number of rotatable bonds is 5. The van der Waals surface area contributed by atoms with Crippen molar-refractivity contribution in [1.29, 1.82) is 0 Å². The van der Waals surface area contributed by atoms with Gasteiger partial charge in [0.25, 0.3) is 0 Å². The summed E-state index contributed by atoms with van der Waals surface area (Å²) in [5.41, 5.74) is 0. The van der Waals surface area contributed by atoms with Crippen LogP contribution in [0.5, 0.6) is 0 Å². The van der Waals surface area contributed by atoms with Crippen LogP contribution in [0.4, 0.5) is 6.01 Å². The molecule has 0 saturated carbocycles. The third kappa shape index (κ3) is 3.86. The first kappa shape index (κ1) is 14.7. The van der Waals surface area contributed by atoms with E-state index in [0.717, 1.165) is 26.1 Å². The molecule has 0 amide bonds. The standard InChI is InChI=1S/C13H24N4OS/c1-5-6-14-11(4)12-15-16-13(18-12)17-7-9(2)19-10(3)8-17/h9-11,14H,5-8H2,1-4H3. The summed E-state index contributed by atoms with van der Waals surface area (Å²) in [7, 11) is 0. The Kier molecular flexibility index (Phi) is 5.10. The first-order valence-electron chi connectivity index (χ1n) is 7.07. The van der Waals surface area contributed by atoms with E-state index in [1.165, 1.54) is 0 Å². The molecular formula is C13H24N4OS. The summed E-state index contributed by atoms with van der Waals surface area (Å²) in [6.07, 6.45) is 1.10. The molecule has 108 valence electrons. The molecule has 3 atom stereocenters. The van der Waals surface area contributed by atoms with Gasteiger partial charge in [0.05, 0.1) is 6.04 Å². The Hall–Kier alpha value is -0.750. The SMILES string of the molecule is CCCNC(C)c1nnc(N2CC(C)SC(C)C2)o1. The van der Waals surface area contributed by atoms with Crippen LogP contribution in [0.1, 0.15) is 46.0 Å². The molecule has 1 N–H and O–H groups in total. The zero-order valence-corrected chi connectivity index (χ0v) is 13.0. The number of thioether (sulfide) groups is 1. The monoisotopic (exact) mass is 284 g/mol. The summed E-state index contributed by atoms with van der Waals surface area (Å²) in [4.78, 5) is 2.20. The minimum absolute atomic E-state index is 0.121. The van der Waals surface area contributed by atoms with E-state index in [2.05, 4.69) is 48.1 Å². The van der Waals surface area contributed by atoms with Gasteiger partial charge in [-0.1, -0.05) is 25.9 Å². The lowest BCUT2D eigenvalue weighted by Crippen LogP contribution is -2.40. The van der Waals surface area contributed by atoms with Gasteiger partial charge in [-0.3, -0.25) is 0 Å². The summed E-state index contributed by atoms with van der Waals surface area (Å²) < 4.78 is 5.81. The molecule has 3 unspecified atom stereocenters. The number of anilines is 1. The zero-order valence-electron chi connectivity index (χ0n) is 12.2. The Morgan fingerprint density at radius 1 is 1.37 bits per heavy atom. The maximum absolute atomic E-state index is 5.81. The summed E-state index contributed by atoms with van der Waals surface area (Å²) in [6.45, 7) is 11.6. The maximum Gasteiger partial charge on any atom is 0.318 e. The Bertz CT molecular complexity index is 388. The zero-order chi connectivity index (χ0) is 13.8. The summed E-state index contributed by atoms with van der Waals surface area (Å²) >= 11 is 2.02. The Balaban J connectivity index is 1.99. The summed E-state index contributed by atoms with van der Waals surface area (Å²) in [5, 5.41) is 12.9. The van der Waals surface area contributed by atoms with Gasteiger partial charge >= 0.3 is 6.01 Å². The predicted molar refractivity (Wildman–Crippen MR) is 79.7 cm³/mol. The molecule has 2 rings (SSSR count). The lowest BCUT2D eigenvalue weighted by atomic mass is 10.3. The second kappa shape index (κ2) is 6.61. The molecule has 1 aromatic rings. The van der Waals surface area contributed by atoms with Crippen molar-refractivity contribution in [2.75, 3.05) is 24.5 Å². The average Bonchev–Trinajstić information content (AvgIpc) is 2.84. The fourth-order valence-electron chi connectivity index (χ4n) is 2.31. The topological polar surface area (TPSA) is 54.2 Å². The highest BCUT2D eigenvalue weighted by molar-refractivity contribution is 8.00. The van der Waals surface area contributed by atoms with Gasteiger partial charge < -0.3 is 14.6 Å². The number of hydrogen-bond donors (Lipinski definition) is 1. The first-order chi connectivity index (χ1) is 9.10. The Morgan fingerprint density at radius 3 is 2.68 bits per heavy atom. The molecule has 1 aliphatic heterocycles. The molecule has 0 aliphatic carbocycles. The summed E-state index contributed by atoms with van der Waals surface area (Å²) in [6, 6.07) is 0.786. The fraction of sp³-hybridized carbons (Fsp3) is 0.846. The van der Waals surface area contributed by atoms with Crippen LogP contribution in [-0.2, 0) is 0 Å². The van der Waals surface area contributed by atoms with Gasteiger partial charge in [-0.2, -0.15) is 11.8 Å². The van der Waals surface area contributed by atoms with E-state index in [-0.39, 0.29) is 6.04 Å². The van der Waals surface area contributed by atoms with Crippen LogP contribution < -0.4 is 10.2 Å². The van der Waals surface area contributed by atoms with E-state index in [9.17, 15) is 0 Å². The molecule has 0 spiro atoms. The molecule has 19 heavy (non-hydrogen) atoms. The molecule has 1 fully saturated rings. The van der Waals surface area contributed by atoms with Crippen LogP contribution >= 0.6 is 11.8 Å². The quantitative estimate of drug-likeness (QED) is 0.896. The van der Waals surface area contributed by atoms with Gasteiger partial charge in [-0.15, -0.1) is 5.10 Å². The molecule has 0 bridgehead atoms. The molecule has 6 heteroatoms. The van der Waals surface area contributed by atoms with Crippen molar-refractivity contribution < 1.29 is 4.42 Å². The van der Waals surface area contributed by atoms with Gasteiger partial charge in [0.2, 0.25) is 5.89 Å². The summed E-state index contributed by atoms with van der Waals surface area (Å²) in [5.74, 6) is 0.682.